The van der Waals surface area contributed by atoms with Gasteiger partial charge in [0, 0.05) is 36.5 Å². The Morgan fingerprint density at radius 3 is 1.91 bits per heavy atom. The summed E-state index contributed by atoms with van der Waals surface area (Å²) in [5, 5.41) is 41.2. The van der Waals surface area contributed by atoms with Crippen LogP contribution in [0.5, 0.6) is 0 Å². The van der Waals surface area contributed by atoms with E-state index in [0.717, 1.165) is 10.9 Å². The number of hydrogen-bond acceptors (Lipinski definition) is 15. The summed E-state index contributed by atoms with van der Waals surface area (Å²) in [4.78, 5) is 139. The molecule has 2 aromatic rings. The molecule has 0 aliphatic rings. The van der Waals surface area contributed by atoms with E-state index in [9.17, 15) is 58.2 Å². The summed E-state index contributed by atoms with van der Waals surface area (Å²) in [7, 11) is 0. The predicted octanol–water partition coefficient (Wildman–Crippen LogP) is -3.72. The highest BCUT2D eigenvalue weighted by molar-refractivity contribution is 7.98. The van der Waals surface area contributed by atoms with E-state index in [2.05, 4.69) is 52.5 Å². The maximum Gasteiger partial charge on any atom is 0.326 e. The van der Waals surface area contributed by atoms with Gasteiger partial charge in [0.1, 0.15) is 42.3 Å². The van der Waals surface area contributed by atoms with Gasteiger partial charge in [0.25, 0.3) is 0 Å². The van der Waals surface area contributed by atoms with Crippen molar-refractivity contribution in [1.29, 1.82) is 0 Å². The van der Waals surface area contributed by atoms with Crippen LogP contribution in [-0.2, 0) is 54.4 Å². The van der Waals surface area contributed by atoms with Gasteiger partial charge in [0.05, 0.1) is 18.7 Å². The van der Waals surface area contributed by atoms with Crippen LogP contribution in [0.15, 0.2) is 35.5 Å². The molecule has 0 saturated carbocycles. The number of guanidine groups is 1. The summed E-state index contributed by atoms with van der Waals surface area (Å²) in [6.07, 6.45) is 2.98. The van der Waals surface area contributed by atoms with Crippen LogP contribution in [0, 0.1) is 5.92 Å². The number of aliphatic carboxylic acids is 1. The van der Waals surface area contributed by atoms with Crippen molar-refractivity contribution in [2.45, 2.75) is 146 Å². The van der Waals surface area contributed by atoms with Gasteiger partial charge in [-0.15, -0.1) is 0 Å². The van der Waals surface area contributed by atoms with Crippen molar-refractivity contribution in [2.75, 3.05) is 31.6 Å². The summed E-state index contributed by atoms with van der Waals surface area (Å²) in [5.74, 6) is -8.97. The van der Waals surface area contributed by atoms with E-state index in [1.54, 1.807) is 44.3 Å². The molecule has 2 rings (SSSR count). The average molecular weight is 1090 g/mol. The lowest BCUT2D eigenvalue weighted by Gasteiger charge is -2.29. The van der Waals surface area contributed by atoms with Crippen molar-refractivity contribution in [3.05, 3.63) is 36.0 Å². The first-order chi connectivity index (χ1) is 35.9. The Morgan fingerprint density at radius 1 is 0.697 bits per heavy atom. The zero-order chi connectivity index (χ0) is 57.1. The number of carbonyl (C=O) groups is 10. The fourth-order valence-electron chi connectivity index (χ4n) is 7.55. The number of aromatic amines is 1. The standard InChI is InChI=1S/C48H79N15O12S/c1-6-25(2)38(45(72)60-34(47(74)75)15-11-20-54-48(52)53)62-44(71)32(14-9-10-19-49)59-46(73)39(27(4)64)63-40(67)26(3)57-37(66)24-56-42(69)35(22-28-23-55-31-13-8-7-12-29(28)31)61-43(70)33(16-17-36(51)65)58-41(68)30(50)18-21-76-5/h7-8,12-13,23,25-27,30,32-35,38-39,55,64H,6,9-11,14-22,24,49-50H2,1-5H3,(H2,51,65)(H,56,69)(H,57,66)(H,58,68)(H,59,73)(H,60,72)(H,61,70)(H,62,71)(H,63,67)(H,74,75)(H4,52,53,54)/t25-,26-,27+,30-,32-,33-,34-,35-,38-,39-/m0/s1. The molecule has 76 heavy (non-hydrogen) atoms. The number of hydrogen-bond donors (Lipinski definition) is 16. The van der Waals surface area contributed by atoms with E-state index in [1.165, 1.54) is 25.6 Å². The van der Waals surface area contributed by atoms with Crippen LogP contribution in [0.4, 0.5) is 0 Å². The van der Waals surface area contributed by atoms with Gasteiger partial charge in [-0.3, -0.25) is 48.1 Å². The highest BCUT2D eigenvalue weighted by Crippen LogP contribution is 2.20. The van der Waals surface area contributed by atoms with Gasteiger partial charge < -0.3 is 86.4 Å². The third-order valence-electron chi connectivity index (χ3n) is 12.2. The maximum atomic E-state index is 13.9. The molecule has 10 atom stereocenters. The zero-order valence-electron chi connectivity index (χ0n) is 43.8. The Bertz CT molecular complexity index is 2310. The second kappa shape index (κ2) is 33.8. The lowest BCUT2D eigenvalue weighted by atomic mass is 9.96. The van der Waals surface area contributed by atoms with Crippen molar-refractivity contribution in [2.24, 2.45) is 39.6 Å². The van der Waals surface area contributed by atoms with E-state index >= 15 is 0 Å². The molecule has 1 heterocycles. The monoisotopic (exact) mass is 1090 g/mol. The zero-order valence-corrected chi connectivity index (χ0v) is 44.6. The first-order valence-electron chi connectivity index (χ1n) is 25.1. The lowest BCUT2D eigenvalue weighted by molar-refractivity contribution is -0.143. The number of aliphatic hydroxyl groups is 1. The minimum Gasteiger partial charge on any atom is -0.480 e. The molecule has 0 saturated heterocycles. The van der Waals surface area contributed by atoms with Crippen molar-refractivity contribution in [3.8, 4) is 0 Å². The van der Waals surface area contributed by atoms with E-state index in [1.807, 2.05) is 6.26 Å². The fraction of sp³-hybridized carbons (Fsp3) is 0.604. The summed E-state index contributed by atoms with van der Waals surface area (Å²) >= 11 is 1.47. The highest BCUT2D eigenvalue weighted by atomic mass is 32.2. The quantitative estimate of drug-likeness (QED) is 0.0177. The SMILES string of the molecule is CC[C@H](C)[C@H](NC(=O)[C@H](CCCCN)NC(=O)[C@@H](NC(=O)[C@H](C)NC(=O)CNC(=O)[C@H](Cc1c[nH]c2ccccc12)NC(=O)[C@H](CCC(N)=O)NC(=O)[C@@H](N)CCSC)[C@@H](C)O)C(=O)N[C@@H](CCCN=C(N)N)C(=O)O. The molecule has 28 heteroatoms. The van der Waals surface area contributed by atoms with Crippen LogP contribution in [-0.4, -0.2) is 166 Å². The molecular weight excluding hydrogens is 1010 g/mol. The number of rotatable bonds is 36. The third kappa shape index (κ3) is 22.8. The number of primary amides is 1. The number of aliphatic imine (C=N–C) groups is 1. The lowest BCUT2D eigenvalue weighted by Crippen LogP contribution is -2.61. The molecule has 0 fully saturated rings. The average Bonchev–Trinajstić information content (AvgIpc) is 3.78. The van der Waals surface area contributed by atoms with Crippen LogP contribution >= 0.6 is 11.8 Å². The van der Waals surface area contributed by atoms with Crippen LogP contribution in [0.3, 0.4) is 0 Å². The smallest absolute Gasteiger partial charge is 0.326 e. The van der Waals surface area contributed by atoms with Crippen LogP contribution < -0.4 is 71.2 Å². The first kappa shape index (κ1) is 65.1. The van der Waals surface area contributed by atoms with Crippen LogP contribution in [0.2, 0.25) is 0 Å². The van der Waals surface area contributed by atoms with Crippen molar-refractivity contribution in [3.63, 3.8) is 0 Å². The maximum absolute atomic E-state index is 13.9. The number of aliphatic hydroxyl groups excluding tert-OH is 1. The summed E-state index contributed by atoms with van der Waals surface area (Å²) in [6, 6.07) is -3.46. The molecular formula is C48H79N15O12S. The van der Waals surface area contributed by atoms with Gasteiger partial charge >= 0.3 is 5.97 Å². The normalized spacial score (nSPS) is 15.1. The Morgan fingerprint density at radius 2 is 1.29 bits per heavy atom. The number of amides is 9. The topological polar surface area (TPSA) is 466 Å². The molecule has 1 aromatic carbocycles. The number of para-hydroxylation sites is 1. The van der Waals surface area contributed by atoms with Crippen LogP contribution in [0.1, 0.15) is 91.0 Å². The minimum absolute atomic E-state index is 0.0107. The predicted molar refractivity (Wildman–Crippen MR) is 285 cm³/mol. The molecule has 1 aromatic heterocycles. The van der Waals surface area contributed by atoms with E-state index in [4.69, 9.17) is 28.7 Å². The second-order valence-corrected chi connectivity index (χ2v) is 19.4. The molecule has 0 aliphatic carbocycles. The van der Waals surface area contributed by atoms with Crippen molar-refractivity contribution < 1.29 is 58.2 Å². The second-order valence-electron chi connectivity index (χ2n) is 18.4. The van der Waals surface area contributed by atoms with Gasteiger partial charge in [-0.25, -0.2) is 4.79 Å². The number of nitrogens with zero attached hydrogens (tertiary/aromatic N) is 1. The summed E-state index contributed by atoms with van der Waals surface area (Å²) < 4.78 is 0. The van der Waals surface area contributed by atoms with E-state index in [-0.39, 0.29) is 57.6 Å². The summed E-state index contributed by atoms with van der Waals surface area (Å²) in [6.45, 7) is 5.54. The number of nitrogens with two attached hydrogens (primary N) is 5. The number of H-pyrrole nitrogens is 1. The molecule has 0 unspecified atom stereocenters. The molecule has 424 valence electrons. The number of carboxylic acid groups (broad SMARTS) is 1. The number of carbonyl (C=O) groups excluding carboxylic acids is 9. The van der Waals surface area contributed by atoms with Gasteiger partial charge in [0.15, 0.2) is 5.96 Å². The van der Waals surface area contributed by atoms with Gasteiger partial charge in [-0.05, 0) is 94.9 Å². The summed E-state index contributed by atoms with van der Waals surface area (Å²) in [5.41, 5.74) is 29.1. The molecule has 27 nitrogen and oxygen atoms in total. The number of unbranched alkanes of at least 4 members (excludes halogenated alkanes) is 1. The minimum atomic E-state index is -1.68. The van der Waals surface area contributed by atoms with Gasteiger partial charge in [0.2, 0.25) is 53.2 Å². The number of aromatic nitrogens is 1. The Hall–Kier alpha value is -7.04. The molecule has 21 N–H and O–H groups in total. The molecule has 9 amide bonds. The van der Waals surface area contributed by atoms with Crippen LogP contribution in [0.25, 0.3) is 10.9 Å². The van der Waals surface area contributed by atoms with E-state index in [0.29, 0.717) is 37.0 Å². The molecule has 0 spiro atoms. The van der Waals surface area contributed by atoms with Gasteiger partial charge in [-0.2, -0.15) is 11.8 Å². The third-order valence-corrected chi connectivity index (χ3v) is 12.8. The van der Waals surface area contributed by atoms with Crippen molar-refractivity contribution >= 4 is 87.8 Å². The molecule has 0 radical (unpaired) electrons. The number of fused-ring (bicyclic) bond motifs is 1. The van der Waals surface area contributed by atoms with Gasteiger partial charge in [-0.1, -0.05) is 38.5 Å². The highest BCUT2D eigenvalue weighted by Gasteiger charge is 2.35. The molecule has 0 bridgehead atoms. The fourth-order valence-corrected chi connectivity index (χ4v) is 8.04. The number of thioether (sulfide) groups is 1. The van der Waals surface area contributed by atoms with Crippen molar-refractivity contribution in [1.82, 2.24) is 47.5 Å². The first-order valence-corrected chi connectivity index (χ1v) is 26.5. The Kier molecular flexibility index (Phi) is 28.9. The Balaban J connectivity index is 2.23. The number of nitrogens with one attached hydrogen (secondary N) is 9. The number of carboxylic acids is 1. The largest absolute Gasteiger partial charge is 0.480 e. The molecule has 0 aliphatic heterocycles. The Labute approximate surface area is 445 Å². The van der Waals surface area contributed by atoms with E-state index < -0.39 is 126 Å². The number of benzene rings is 1.